The lowest BCUT2D eigenvalue weighted by atomic mass is 10.1. The van der Waals surface area contributed by atoms with Gasteiger partial charge in [0.15, 0.2) is 0 Å². The van der Waals surface area contributed by atoms with E-state index in [4.69, 9.17) is 30.5 Å². The van der Waals surface area contributed by atoms with Crippen molar-refractivity contribution in [1.82, 2.24) is 0 Å². The Hall–Kier alpha value is -4.36. The second kappa shape index (κ2) is 17.2. The van der Waals surface area contributed by atoms with E-state index >= 15 is 0 Å². The molecule has 7 nitrogen and oxygen atoms in total. The van der Waals surface area contributed by atoms with Gasteiger partial charge in [0, 0.05) is 11.6 Å². The molecule has 0 saturated carbocycles. The topological polar surface area (TPSA) is 88.1 Å². The molecule has 0 radical (unpaired) electrons. The zero-order valence-corrected chi connectivity index (χ0v) is 22.7. The summed E-state index contributed by atoms with van der Waals surface area (Å²) >= 11 is 5.71. The first-order chi connectivity index (χ1) is 18.9. The van der Waals surface area contributed by atoms with Crippen molar-refractivity contribution in [2.45, 2.75) is 26.7 Å². The molecule has 0 N–H and O–H groups in total. The molecule has 0 spiro atoms. The van der Waals surface area contributed by atoms with Gasteiger partial charge in [-0.15, -0.1) is 0 Å². The van der Waals surface area contributed by atoms with Crippen LogP contribution in [0.4, 0.5) is 0 Å². The smallest absolute Gasteiger partial charge is 0.343 e. The second-order valence-electron chi connectivity index (χ2n) is 8.03. The van der Waals surface area contributed by atoms with Crippen LogP contribution in [0.25, 0.3) is 0 Å². The van der Waals surface area contributed by atoms with Gasteiger partial charge in [-0.2, -0.15) is 0 Å². The van der Waals surface area contributed by atoms with Gasteiger partial charge in [0.05, 0.1) is 24.3 Å². The molecule has 0 heterocycles. The molecular formula is C31H31ClO7. The van der Waals surface area contributed by atoms with Gasteiger partial charge in [-0.25, -0.2) is 14.4 Å². The zero-order chi connectivity index (χ0) is 28.5. The largest absolute Gasteiger partial charge is 0.494 e. The molecule has 2 rings (SSSR count). The summed E-state index contributed by atoms with van der Waals surface area (Å²) in [5.74, 6) is -0.590. The number of hydrogen-bond acceptors (Lipinski definition) is 7. The number of aryl methyl sites for hydroxylation is 1. The van der Waals surface area contributed by atoms with Gasteiger partial charge in [0.1, 0.15) is 17.3 Å². The Morgan fingerprint density at radius 1 is 0.821 bits per heavy atom. The number of carbonyl (C=O) groups excluding carboxylic acids is 3. The Morgan fingerprint density at radius 3 is 1.90 bits per heavy atom. The predicted octanol–water partition coefficient (Wildman–Crippen LogP) is 6.99. The standard InChI is InChI=1S/C31H31ClO7/c1-4-8-27(17-18-28(19-20-32)39-30(34)24-11-9-23(3)10-12-24)38-31(35)25-13-15-26(16-14-25)36-21-6-7-22-37-29(33)5-2/h4-5,8-20H,2,6-7,21-22H2,1,3H3/b8-4-,20-19+,27-17+,28-18+. The summed E-state index contributed by atoms with van der Waals surface area (Å²) < 4.78 is 21.5. The summed E-state index contributed by atoms with van der Waals surface area (Å²) in [4.78, 5) is 36.1. The Morgan fingerprint density at radius 2 is 1.36 bits per heavy atom. The molecule has 0 unspecified atom stereocenters. The van der Waals surface area contributed by atoms with Gasteiger partial charge in [-0.3, -0.25) is 0 Å². The van der Waals surface area contributed by atoms with Crippen LogP contribution in [0.2, 0.25) is 0 Å². The lowest BCUT2D eigenvalue weighted by Crippen LogP contribution is -2.06. The molecule has 39 heavy (non-hydrogen) atoms. The number of unbranched alkanes of at least 4 members (excludes halogenated alkanes) is 1. The van der Waals surface area contributed by atoms with E-state index in [0.29, 0.717) is 42.9 Å². The van der Waals surface area contributed by atoms with E-state index in [1.807, 2.05) is 19.1 Å². The van der Waals surface area contributed by atoms with Crippen LogP contribution in [0.1, 0.15) is 46.0 Å². The minimum absolute atomic E-state index is 0.161. The van der Waals surface area contributed by atoms with E-state index < -0.39 is 17.9 Å². The van der Waals surface area contributed by atoms with Gasteiger partial charge in [0.25, 0.3) is 0 Å². The van der Waals surface area contributed by atoms with Gasteiger partial charge < -0.3 is 18.9 Å². The average Bonchev–Trinajstić information content (AvgIpc) is 2.94. The van der Waals surface area contributed by atoms with Gasteiger partial charge in [0.2, 0.25) is 0 Å². The number of rotatable bonds is 14. The molecule has 0 fully saturated rings. The quantitative estimate of drug-likeness (QED) is 0.0625. The Bertz CT molecular complexity index is 1240. The monoisotopic (exact) mass is 550 g/mol. The summed E-state index contributed by atoms with van der Waals surface area (Å²) in [5.41, 5.74) is 2.95. The molecule has 0 amide bonds. The fraction of sp³-hybridized carbons (Fsp3) is 0.194. The van der Waals surface area contributed by atoms with Crippen molar-refractivity contribution < 1.29 is 33.3 Å². The van der Waals surface area contributed by atoms with E-state index in [1.165, 1.54) is 23.8 Å². The summed E-state index contributed by atoms with van der Waals surface area (Å²) in [6, 6.07) is 13.5. The number of ether oxygens (including phenoxy) is 4. The van der Waals surface area contributed by atoms with Crippen molar-refractivity contribution in [2.24, 2.45) is 0 Å². The first-order valence-corrected chi connectivity index (χ1v) is 12.6. The highest BCUT2D eigenvalue weighted by Crippen LogP contribution is 2.16. The highest BCUT2D eigenvalue weighted by molar-refractivity contribution is 6.25. The summed E-state index contributed by atoms with van der Waals surface area (Å²) in [7, 11) is 0. The average molecular weight is 551 g/mol. The van der Waals surface area contributed by atoms with Crippen LogP contribution >= 0.6 is 11.6 Å². The molecule has 0 atom stereocenters. The number of carbonyl (C=O) groups is 3. The number of hydrogen-bond donors (Lipinski definition) is 0. The van der Waals surface area contributed by atoms with Crippen LogP contribution in [0.15, 0.2) is 109 Å². The maximum absolute atomic E-state index is 12.7. The fourth-order valence-electron chi connectivity index (χ4n) is 2.97. The third kappa shape index (κ3) is 11.7. The SMILES string of the molecule is C=CC(=O)OCCCCOc1ccc(C(=O)OC(/C=C\C)=C/C=C(\C=C\Cl)OC(=O)c2ccc(C)cc2)cc1. The Balaban J connectivity index is 1.97. The minimum Gasteiger partial charge on any atom is -0.494 e. The molecular weight excluding hydrogens is 520 g/mol. The number of allylic oxidation sites excluding steroid dienone is 5. The van der Waals surface area contributed by atoms with Crippen molar-refractivity contribution in [3.63, 3.8) is 0 Å². The summed E-state index contributed by atoms with van der Waals surface area (Å²) in [5, 5.41) is 0. The number of halogens is 1. The van der Waals surface area contributed by atoms with Gasteiger partial charge >= 0.3 is 17.9 Å². The lowest BCUT2D eigenvalue weighted by Gasteiger charge is -2.08. The van der Waals surface area contributed by atoms with E-state index in [-0.39, 0.29) is 11.5 Å². The fourth-order valence-corrected chi connectivity index (χ4v) is 3.10. The van der Waals surface area contributed by atoms with Crippen molar-refractivity contribution in [3.8, 4) is 5.75 Å². The number of benzene rings is 2. The minimum atomic E-state index is -0.575. The highest BCUT2D eigenvalue weighted by Gasteiger charge is 2.11. The van der Waals surface area contributed by atoms with Crippen LogP contribution in [0.5, 0.6) is 5.75 Å². The first-order valence-electron chi connectivity index (χ1n) is 12.2. The summed E-state index contributed by atoms with van der Waals surface area (Å²) in [6.07, 6.45) is 10.2. The van der Waals surface area contributed by atoms with Crippen LogP contribution in [-0.4, -0.2) is 31.1 Å². The molecule has 204 valence electrons. The third-order valence-electron chi connectivity index (χ3n) is 4.99. The van der Waals surface area contributed by atoms with Gasteiger partial charge in [-0.05, 0) is 87.4 Å². The first kappa shape index (κ1) is 30.9. The van der Waals surface area contributed by atoms with E-state index in [1.54, 1.807) is 55.5 Å². The molecule has 0 bridgehead atoms. The Kier molecular flexibility index (Phi) is 13.6. The predicted molar refractivity (Wildman–Crippen MR) is 150 cm³/mol. The second-order valence-corrected chi connectivity index (χ2v) is 8.28. The number of esters is 3. The van der Waals surface area contributed by atoms with Crippen molar-refractivity contribution >= 4 is 29.5 Å². The molecule has 8 heteroatoms. The van der Waals surface area contributed by atoms with E-state index in [2.05, 4.69) is 6.58 Å². The van der Waals surface area contributed by atoms with Crippen molar-refractivity contribution in [2.75, 3.05) is 13.2 Å². The van der Waals surface area contributed by atoms with Crippen molar-refractivity contribution in [1.29, 1.82) is 0 Å². The zero-order valence-electron chi connectivity index (χ0n) is 21.9. The normalized spacial score (nSPS) is 11.9. The van der Waals surface area contributed by atoms with Crippen LogP contribution < -0.4 is 4.74 Å². The molecule has 0 aliphatic rings. The van der Waals surface area contributed by atoms with Crippen LogP contribution in [-0.2, 0) is 19.0 Å². The Labute approximate surface area is 233 Å². The van der Waals surface area contributed by atoms with Crippen LogP contribution in [0, 0.1) is 6.92 Å². The molecule has 0 aliphatic heterocycles. The summed E-state index contributed by atoms with van der Waals surface area (Å²) in [6.45, 7) is 7.77. The van der Waals surface area contributed by atoms with Crippen LogP contribution in [0.3, 0.4) is 0 Å². The van der Waals surface area contributed by atoms with E-state index in [0.717, 1.165) is 11.6 Å². The highest BCUT2D eigenvalue weighted by atomic mass is 35.5. The van der Waals surface area contributed by atoms with Crippen molar-refractivity contribution in [3.05, 3.63) is 125 Å². The third-order valence-corrected chi connectivity index (χ3v) is 5.11. The maximum atomic E-state index is 12.7. The molecule has 2 aromatic carbocycles. The van der Waals surface area contributed by atoms with E-state index in [9.17, 15) is 14.4 Å². The maximum Gasteiger partial charge on any atom is 0.343 e. The lowest BCUT2D eigenvalue weighted by molar-refractivity contribution is -0.137. The molecule has 0 aromatic heterocycles. The molecule has 0 saturated heterocycles. The van der Waals surface area contributed by atoms with Gasteiger partial charge in [-0.1, -0.05) is 42.0 Å². The molecule has 2 aromatic rings. The molecule has 0 aliphatic carbocycles.